The predicted molar refractivity (Wildman–Crippen MR) is 112 cm³/mol. The zero-order chi connectivity index (χ0) is 20.2. The highest BCUT2D eigenvalue weighted by atomic mass is 16.6. The Morgan fingerprint density at radius 3 is 2.45 bits per heavy atom. The van der Waals surface area contributed by atoms with Gasteiger partial charge >= 0.3 is 0 Å². The molecule has 2 aliphatic rings. The maximum atomic E-state index is 13.1. The molecule has 0 radical (unpaired) electrons. The van der Waals surface area contributed by atoms with Gasteiger partial charge in [0.2, 0.25) is 0 Å². The molecule has 2 heterocycles. The van der Waals surface area contributed by atoms with Crippen LogP contribution in [0, 0.1) is 16.0 Å². The summed E-state index contributed by atoms with van der Waals surface area (Å²) >= 11 is 0. The molecule has 2 fully saturated rings. The van der Waals surface area contributed by atoms with Crippen molar-refractivity contribution in [3.8, 4) is 0 Å². The summed E-state index contributed by atoms with van der Waals surface area (Å²) < 4.78 is 0. The largest absolute Gasteiger partial charge is 0.335 e. The number of hydrogen-bond donors (Lipinski definition) is 0. The zero-order valence-corrected chi connectivity index (χ0v) is 16.6. The second-order valence-corrected chi connectivity index (χ2v) is 8.14. The van der Waals surface area contributed by atoms with Gasteiger partial charge in [-0.1, -0.05) is 30.3 Å². The van der Waals surface area contributed by atoms with E-state index in [1.807, 2.05) is 11.0 Å². The third-order valence-corrected chi connectivity index (χ3v) is 6.22. The molecular formula is C23H27N3O3. The summed E-state index contributed by atoms with van der Waals surface area (Å²) in [5.74, 6) is 0.486. The van der Waals surface area contributed by atoms with Crippen LogP contribution in [-0.4, -0.2) is 46.3 Å². The van der Waals surface area contributed by atoms with Crippen molar-refractivity contribution >= 4 is 11.6 Å². The molecule has 6 heteroatoms. The lowest BCUT2D eigenvalue weighted by molar-refractivity contribution is -0.384. The van der Waals surface area contributed by atoms with E-state index in [1.54, 1.807) is 12.1 Å². The Kier molecular flexibility index (Phi) is 5.90. The lowest BCUT2D eigenvalue weighted by Gasteiger charge is -2.39. The van der Waals surface area contributed by atoms with Gasteiger partial charge in [-0.05, 0) is 55.8 Å². The number of nitro benzene ring substituents is 1. The molecule has 0 unspecified atom stereocenters. The molecule has 152 valence electrons. The summed E-state index contributed by atoms with van der Waals surface area (Å²) in [4.78, 5) is 28.0. The number of carbonyl (C=O) groups excluding carboxylic acids is 1. The maximum absolute atomic E-state index is 13.1. The summed E-state index contributed by atoms with van der Waals surface area (Å²) in [6.45, 7) is 3.86. The van der Waals surface area contributed by atoms with Crippen molar-refractivity contribution < 1.29 is 9.72 Å². The number of rotatable bonds is 5. The molecule has 4 rings (SSSR count). The first kappa shape index (κ1) is 19.6. The first-order valence-electron chi connectivity index (χ1n) is 10.4. The van der Waals surface area contributed by atoms with Crippen molar-refractivity contribution in [1.82, 2.24) is 9.80 Å². The van der Waals surface area contributed by atoms with Crippen molar-refractivity contribution in [3.05, 3.63) is 75.8 Å². The summed E-state index contributed by atoms with van der Waals surface area (Å²) in [6.07, 6.45) is 4.38. The van der Waals surface area contributed by atoms with Gasteiger partial charge in [-0.3, -0.25) is 19.8 Å². The zero-order valence-electron chi connectivity index (χ0n) is 16.6. The third kappa shape index (κ3) is 4.48. The number of nitro groups is 1. The monoisotopic (exact) mass is 393 g/mol. The Hall–Kier alpha value is -2.73. The Bertz CT molecular complexity index is 853. The van der Waals surface area contributed by atoms with Gasteiger partial charge in [0.15, 0.2) is 0 Å². The number of carbonyl (C=O) groups is 1. The highest BCUT2D eigenvalue weighted by Crippen LogP contribution is 2.32. The quantitative estimate of drug-likeness (QED) is 0.566. The minimum atomic E-state index is -0.434. The molecule has 2 aromatic rings. The SMILES string of the molecule is O=C(c1ccc([N+](=O)[O-])cc1)N1CCC[C@@H]1[C@@H]1CCCN(Cc2ccccc2)C1. The third-order valence-electron chi connectivity index (χ3n) is 6.22. The lowest BCUT2D eigenvalue weighted by Crippen LogP contribution is -2.46. The number of amides is 1. The number of hydrogen-bond acceptors (Lipinski definition) is 4. The van der Waals surface area contributed by atoms with Crippen molar-refractivity contribution in [1.29, 1.82) is 0 Å². The molecular weight excluding hydrogens is 366 g/mol. The average Bonchev–Trinajstić information content (AvgIpc) is 3.24. The topological polar surface area (TPSA) is 66.7 Å². The van der Waals surface area contributed by atoms with E-state index in [1.165, 1.54) is 17.7 Å². The maximum Gasteiger partial charge on any atom is 0.269 e. The molecule has 0 bridgehead atoms. The number of nitrogens with zero attached hydrogens (tertiary/aromatic N) is 3. The van der Waals surface area contributed by atoms with Crippen LogP contribution in [0.15, 0.2) is 54.6 Å². The minimum absolute atomic E-state index is 0.00239. The smallest absolute Gasteiger partial charge is 0.269 e. The molecule has 0 aliphatic carbocycles. The van der Waals surface area contributed by atoms with Gasteiger partial charge in [-0.25, -0.2) is 0 Å². The van der Waals surface area contributed by atoms with E-state index in [2.05, 4.69) is 29.2 Å². The minimum Gasteiger partial charge on any atom is -0.335 e. The van der Waals surface area contributed by atoms with Gasteiger partial charge in [-0.2, -0.15) is 0 Å². The van der Waals surface area contributed by atoms with E-state index in [0.717, 1.165) is 51.9 Å². The highest BCUT2D eigenvalue weighted by molar-refractivity contribution is 5.94. The fourth-order valence-corrected chi connectivity index (χ4v) is 4.82. The van der Waals surface area contributed by atoms with E-state index >= 15 is 0 Å². The molecule has 2 atom stereocenters. The van der Waals surface area contributed by atoms with Gasteiger partial charge in [0.05, 0.1) is 4.92 Å². The normalized spacial score (nSPS) is 22.6. The van der Waals surface area contributed by atoms with E-state index < -0.39 is 4.92 Å². The summed E-state index contributed by atoms with van der Waals surface area (Å²) in [5, 5.41) is 10.9. The van der Waals surface area contributed by atoms with E-state index in [4.69, 9.17) is 0 Å². The van der Waals surface area contributed by atoms with Gasteiger partial charge < -0.3 is 4.90 Å². The summed E-state index contributed by atoms with van der Waals surface area (Å²) in [6, 6.07) is 16.8. The predicted octanol–water partition coefficient (Wildman–Crippen LogP) is 4.11. The van der Waals surface area contributed by atoms with Crippen LogP contribution < -0.4 is 0 Å². The van der Waals surface area contributed by atoms with Gasteiger partial charge in [0, 0.05) is 43.4 Å². The van der Waals surface area contributed by atoms with Crippen molar-refractivity contribution in [2.24, 2.45) is 5.92 Å². The first-order chi connectivity index (χ1) is 14.1. The van der Waals surface area contributed by atoms with Crippen LogP contribution in [0.2, 0.25) is 0 Å². The van der Waals surface area contributed by atoms with Crippen molar-refractivity contribution in [3.63, 3.8) is 0 Å². The van der Waals surface area contributed by atoms with E-state index in [-0.39, 0.29) is 17.6 Å². The standard InChI is InChI=1S/C23H27N3O3/c27-23(19-10-12-21(13-11-19)26(28)29)25-15-5-9-22(25)20-8-4-14-24(17-20)16-18-6-2-1-3-7-18/h1-3,6-7,10-13,20,22H,4-5,8-9,14-17H2/t20-,22-/m1/s1. The molecule has 2 aliphatic heterocycles. The van der Waals surface area contributed by atoms with E-state index in [0.29, 0.717) is 11.5 Å². The Morgan fingerprint density at radius 2 is 1.72 bits per heavy atom. The summed E-state index contributed by atoms with van der Waals surface area (Å²) in [5.41, 5.74) is 1.89. The van der Waals surface area contributed by atoms with Crippen LogP contribution in [0.4, 0.5) is 5.69 Å². The van der Waals surface area contributed by atoms with Crippen LogP contribution in [0.25, 0.3) is 0 Å². The number of benzene rings is 2. The molecule has 2 aromatic carbocycles. The second kappa shape index (κ2) is 8.74. The van der Waals surface area contributed by atoms with Gasteiger partial charge in [-0.15, -0.1) is 0 Å². The fourth-order valence-electron chi connectivity index (χ4n) is 4.82. The fraction of sp³-hybridized carbons (Fsp3) is 0.435. The average molecular weight is 393 g/mol. The molecule has 0 saturated carbocycles. The number of likely N-dealkylation sites (tertiary alicyclic amines) is 2. The van der Waals surface area contributed by atoms with E-state index in [9.17, 15) is 14.9 Å². The number of piperidine rings is 1. The van der Waals surface area contributed by atoms with Crippen LogP contribution in [-0.2, 0) is 6.54 Å². The Balaban J connectivity index is 1.43. The van der Waals surface area contributed by atoms with Gasteiger partial charge in [0.1, 0.15) is 0 Å². The van der Waals surface area contributed by atoms with Crippen molar-refractivity contribution in [2.75, 3.05) is 19.6 Å². The molecule has 0 N–H and O–H groups in total. The summed E-state index contributed by atoms with van der Waals surface area (Å²) in [7, 11) is 0. The van der Waals surface area contributed by atoms with Crippen LogP contribution in [0.3, 0.4) is 0 Å². The molecule has 0 aromatic heterocycles. The first-order valence-corrected chi connectivity index (χ1v) is 10.4. The lowest BCUT2D eigenvalue weighted by atomic mass is 9.88. The Morgan fingerprint density at radius 1 is 1.00 bits per heavy atom. The molecule has 1 amide bonds. The van der Waals surface area contributed by atoms with Crippen molar-refractivity contribution in [2.45, 2.75) is 38.3 Å². The van der Waals surface area contributed by atoms with Gasteiger partial charge in [0.25, 0.3) is 11.6 Å². The van der Waals surface area contributed by atoms with Crippen LogP contribution in [0.1, 0.15) is 41.6 Å². The van der Waals surface area contributed by atoms with Crippen LogP contribution >= 0.6 is 0 Å². The second-order valence-electron chi connectivity index (χ2n) is 8.14. The molecule has 6 nitrogen and oxygen atoms in total. The number of non-ortho nitro benzene ring substituents is 1. The highest BCUT2D eigenvalue weighted by Gasteiger charge is 2.37. The Labute approximate surface area is 171 Å². The van der Waals surface area contributed by atoms with Crippen LogP contribution in [0.5, 0.6) is 0 Å². The molecule has 0 spiro atoms. The molecule has 29 heavy (non-hydrogen) atoms. The molecule has 2 saturated heterocycles.